The maximum Gasteiger partial charge on any atom is 2.00 e. The third kappa shape index (κ3) is 27.9. The van der Waals surface area contributed by atoms with Crippen LogP contribution in [0, 0.1) is 0 Å². The van der Waals surface area contributed by atoms with Crippen LogP contribution in [0.2, 0.25) is 0 Å². The summed E-state index contributed by atoms with van der Waals surface area (Å²) in [5.74, 6) is 0. The number of rotatable bonds is 12. The third-order valence-electron chi connectivity index (χ3n) is 2.67. The van der Waals surface area contributed by atoms with Gasteiger partial charge in [-0.2, -0.15) is 0 Å². The minimum atomic E-state index is 0. The minimum Gasteiger partial charge on any atom is -1.00 e. The van der Waals surface area contributed by atoms with Crippen molar-refractivity contribution in [2.45, 2.75) is 0 Å². The maximum absolute atomic E-state index is 5.37. The Hall–Kier alpha value is 0.754. The molecular formula is C12H36Cl2N8Ni. The van der Waals surface area contributed by atoms with Gasteiger partial charge in [0.25, 0.3) is 0 Å². The SMILES string of the molecule is NCCN(CCN)CCN.NCCN(CCN)CCN.[Cl-].[Cl-].[Ni+2]. The number of nitrogens with two attached hydrogens (primary N) is 6. The predicted octanol–water partition coefficient (Wildman–Crippen LogP) is -9.67. The molecule has 0 heterocycles. The van der Waals surface area contributed by atoms with Crippen LogP contribution < -0.4 is 59.2 Å². The van der Waals surface area contributed by atoms with Gasteiger partial charge in [-0.15, -0.1) is 0 Å². The van der Waals surface area contributed by atoms with E-state index in [4.69, 9.17) is 34.4 Å². The van der Waals surface area contributed by atoms with Crippen LogP contribution >= 0.6 is 0 Å². The third-order valence-corrected chi connectivity index (χ3v) is 2.67. The molecule has 0 bridgehead atoms. The molecule has 0 aromatic heterocycles. The van der Waals surface area contributed by atoms with Crippen molar-refractivity contribution in [3.05, 3.63) is 0 Å². The zero-order chi connectivity index (χ0) is 15.6. The van der Waals surface area contributed by atoms with E-state index in [0.717, 1.165) is 39.3 Å². The molecule has 0 rings (SSSR count). The standard InChI is InChI=1S/2C6H18N4.2ClH.Ni/c2*7-1-4-10(5-2-8)6-3-9;;;/h2*1-9H2;2*1H;/q;;;;+2/p-2. The molecule has 11 heteroatoms. The van der Waals surface area contributed by atoms with Crippen LogP contribution in [-0.2, 0) is 16.5 Å². The van der Waals surface area contributed by atoms with Crippen molar-refractivity contribution in [1.82, 2.24) is 9.80 Å². The van der Waals surface area contributed by atoms with Crippen molar-refractivity contribution in [3.8, 4) is 0 Å². The molecule has 8 nitrogen and oxygen atoms in total. The molecule has 0 saturated carbocycles. The molecule has 0 aromatic rings. The van der Waals surface area contributed by atoms with Gasteiger partial charge < -0.3 is 59.2 Å². The first-order chi connectivity index (χ1) is 9.69. The van der Waals surface area contributed by atoms with Crippen LogP contribution in [0.4, 0.5) is 0 Å². The summed E-state index contributed by atoms with van der Waals surface area (Å²) in [6.45, 7) is 9.47. The van der Waals surface area contributed by atoms with Gasteiger partial charge >= 0.3 is 16.5 Å². The Morgan fingerprint density at radius 3 is 0.609 bits per heavy atom. The molecular weight excluding hydrogens is 386 g/mol. The van der Waals surface area contributed by atoms with Crippen molar-refractivity contribution >= 4 is 0 Å². The quantitative estimate of drug-likeness (QED) is 0.169. The van der Waals surface area contributed by atoms with Gasteiger partial charge in [-0.25, -0.2) is 0 Å². The Morgan fingerprint density at radius 1 is 0.391 bits per heavy atom. The van der Waals surface area contributed by atoms with Gasteiger partial charge in [0.15, 0.2) is 0 Å². The number of halogens is 2. The maximum atomic E-state index is 5.37. The molecule has 0 saturated heterocycles. The van der Waals surface area contributed by atoms with Crippen molar-refractivity contribution < 1.29 is 41.3 Å². The molecule has 0 amide bonds. The van der Waals surface area contributed by atoms with E-state index in [1.807, 2.05) is 0 Å². The minimum absolute atomic E-state index is 0. The summed E-state index contributed by atoms with van der Waals surface area (Å²) in [5, 5.41) is 0. The zero-order valence-electron chi connectivity index (χ0n) is 13.9. The summed E-state index contributed by atoms with van der Waals surface area (Å²) in [5.41, 5.74) is 32.2. The topological polar surface area (TPSA) is 163 Å². The summed E-state index contributed by atoms with van der Waals surface area (Å²) < 4.78 is 0. The largest absolute Gasteiger partial charge is 2.00 e. The molecule has 12 N–H and O–H groups in total. The fourth-order valence-electron chi connectivity index (χ4n) is 1.77. The van der Waals surface area contributed by atoms with Crippen molar-refractivity contribution in [1.29, 1.82) is 0 Å². The number of hydrogen-bond donors (Lipinski definition) is 6. The first-order valence-corrected chi connectivity index (χ1v) is 7.35. The van der Waals surface area contributed by atoms with E-state index in [0.29, 0.717) is 39.3 Å². The van der Waals surface area contributed by atoms with Crippen LogP contribution in [-0.4, -0.2) is 88.3 Å². The predicted molar refractivity (Wildman–Crippen MR) is 87.2 cm³/mol. The van der Waals surface area contributed by atoms with Crippen LogP contribution in [0.15, 0.2) is 0 Å². The molecule has 0 aliphatic carbocycles. The molecule has 0 fully saturated rings. The summed E-state index contributed by atoms with van der Waals surface area (Å²) in [6, 6.07) is 0. The summed E-state index contributed by atoms with van der Waals surface area (Å²) in [4.78, 5) is 4.33. The average Bonchev–Trinajstić information content (AvgIpc) is 2.41. The second-order valence-corrected chi connectivity index (χ2v) is 4.42. The number of nitrogens with zero attached hydrogens (tertiary/aromatic N) is 2. The van der Waals surface area contributed by atoms with Crippen molar-refractivity contribution in [3.63, 3.8) is 0 Å². The molecule has 0 radical (unpaired) electrons. The summed E-state index contributed by atoms with van der Waals surface area (Å²) in [6.07, 6.45) is 0. The van der Waals surface area contributed by atoms with Gasteiger partial charge in [0.2, 0.25) is 0 Å². The van der Waals surface area contributed by atoms with Crippen molar-refractivity contribution in [2.24, 2.45) is 34.4 Å². The molecule has 23 heavy (non-hydrogen) atoms. The van der Waals surface area contributed by atoms with E-state index in [2.05, 4.69) is 9.80 Å². The summed E-state index contributed by atoms with van der Waals surface area (Å²) >= 11 is 0. The van der Waals surface area contributed by atoms with Crippen LogP contribution in [0.5, 0.6) is 0 Å². The zero-order valence-corrected chi connectivity index (χ0v) is 16.4. The molecule has 0 unspecified atom stereocenters. The van der Waals surface area contributed by atoms with E-state index in [1.54, 1.807) is 0 Å². The van der Waals surface area contributed by atoms with Gasteiger partial charge in [-0.05, 0) is 0 Å². The van der Waals surface area contributed by atoms with E-state index >= 15 is 0 Å². The Kier molecular flexibility index (Phi) is 46.5. The van der Waals surface area contributed by atoms with Gasteiger partial charge in [0.1, 0.15) is 0 Å². The van der Waals surface area contributed by atoms with Crippen LogP contribution in [0.3, 0.4) is 0 Å². The van der Waals surface area contributed by atoms with Crippen molar-refractivity contribution in [2.75, 3.05) is 78.5 Å². The number of hydrogen-bond acceptors (Lipinski definition) is 8. The molecule has 0 spiro atoms. The van der Waals surface area contributed by atoms with Gasteiger partial charge in [-0.3, -0.25) is 9.80 Å². The Labute approximate surface area is 164 Å². The van der Waals surface area contributed by atoms with E-state index < -0.39 is 0 Å². The Morgan fingerprint density at radius 2 is 0.522 bits per heavy atom. The second-order valence-electron chi connectivity index (χ2n) is 4.42. The normalized spacial score (nSPS) is 9.39. The van der Waals surface area contributed by atoms with Gasteiger partial charge in [-0.1, -0.05) is 0 Å². The smallest absolute Gasteiger partial charge is 1.00 e. The Bertz CT molecular complexity index is 139. The second kappa shape index (κ2) is 30.6. The summed E-state index contributed by atoms with van der Waals surface area (Å²) in [7, 11) is 0. The van der Waals surface area contributed by atoms with E-state index in [9.17, 15) is 0 Å². The van der Waals surface area contributed by atoms with Crippen LogP contribution in [0.25, 0.3) is 0 Å². The first-order valence-electron chi connectivity index (χ1n) is 7.35. The Balaban J connectivity index is -0.0000000831. The van der Waals surface area contributed by atoms with E-state index in [1.165, 1.54) is 0 Å². The van der Waals surface area contributed by atoms with Gasteiger partial charge in [0, 0.05) is 78.5 Å². The fraction of sp³-hybridized carbons (Fsp3) is 1.00. The molecule has 0 aliphatic rings. The monoisotopic (exact) mass is 420 g/mol. The molecule has 148 valence electrons. The molecule has 0 atom stereocenters. The molecule has 0 aliphatic heterocycles. The average molecular weight is 422 g/mol. The first kappa shape index (κ1) is 35.0. The van der Waals surface area contributed by atoms with Gasteiger partial charge in [0.05, 0.1) is 0 Å². The molecule has 0 aromatic carbocycles. The van der Waals surface area contributed by atoms with E-state index in [-0.39, 0.29) is 41.3 Å². The van der Waals surface area contributed by atoms with Crippen LogP contribution in [0.1, 0.15) is 0 Å². The fourth-order valence-corrected chi connectivity index (χ4v) is 1.77.